The van der Waals surface area contributed by atoms with Gasteiger partial charge in [0.25, 0.3) is 5.91 Å². The number of rotatable bonds is 5. The second-order valence-corrected chi connectivity index (χ2v) is 6.27. The van der Waals surface area contributed by atoms with Crippen molar-refractivity contribution in [3.8, 4) is 0 Å². The van der Waals surface area contributed by atoms with Crippen LogP contribution in [0.1, 0.15) is 43.1 Å². The normalized spacial score (nSPS) is 16.3. The number of nitrogens with one attached hydrogen (secondary N) is 1. The number of hydrogen-bond donors (Lipinski definition) is 1. The van der Waals surface area contributed by atoms with Crippen molar-refractivity contribution in [1.29, 1.82) is 0 Å². The Labute approximate surface area is 138 Å². The van der Waals surface area contributed by atoms with Crippen LogP contribution in [0.15, 0.2) is 11.4 Å². The monoisotopic (exact) mass is 343 g/mol. The molecule has 1 atom stereocenters. The van der Waals surface area contributed by atoms with Crippen LogP contribution in [0, 0.1) is 0 Å². The van der Waals surface area contributed by atoms with Crippen LogP contribution in [-0.2, 0) is 9.53 Å². The summed E-state index contributed by atoms with van der Waals surface area (Å²) in [5.74, 6) is -1.02. The van der Waals surface area contributed by atoms with Crippen molar-refractivity contribution in [1.82, 2.24) is 15.3 Å². The molecule has 0 saturated heterocycles. The van der Waals surface area contributed by atoms with E-state index in [2.05, 4.69) is 15.3 Å². The van der Waals surface area contributed by atoms with Crippen LogP contribution in [0.4, 0.5) is 0 Å². The van der Waals surface area contributed by atoms with Gasteiger partial charge >= 0.3 is 5.97 Å². The lowest BCUT2D eigenvalue weighted by molar-refractivity contribution is -0.129. The van der Waals surface area contributed by atoms with Gasteiger partial charge in [0.15, 0.2) is 17.0 Å². The molecule has 1 aliphatic rings. The Morgan fingerprint density at radius 1 is 1.45 bits per heavy atom. The van der Waals surface area contributed by atoms with Crippen LogP contribution in [0.25, 0.3) is 0 Å². The van der Waals surface area contributed by atoms with Gasteiger partial charge in [0.2, 0.25) is 0 Å². The largest absolute Gasteiger partial charge is 0.448 e. The lowest BCUT2D eigenvalue weighted by Gasteiger charge is -2.17. The fourth-order valence-corrected chi connectivity index (χ4v) is 2.76. The second kappa shape index (κ2) is 7.78. The Morgan fingerprint density at radius 2 is 2.14 bits per heavy atom. The molecule has 0 aromatic carbocycles. The van der Waals surface area contributed by atoms with Crippen molar-refractivity contribution >= 4 is 35.2 Å². The highest BCUT2D eigenvalue weighted by Crippen LogP contribution is 2.19. The minimum atomic E-state index is -0.892. The molecule has 1 N–H and O–H groups in total. The quantitative estimate of drug-likeness (QED) is 0.502. The number of aromatic nitrogens is 2. The fourth-order valence-electron chi connectivity index (χ4n) is 2.25. The molecule has 22 heavy (non-hydrogen) atoms. The van der Waals surface area contributed by atoms with Crippen molar-refractivity contribution in [2.24, 2.45) is 0 Å². The van der Waals surface area contributed by atoms with Gasteiger partial charge in [-0.3, -0.25) is 4.79 Å². The van der Waals surface area contributed by atoms with Crippen LogP contribution in [0.2, 0.25) is 5.02 Å². The number of thioether (sulfide) groups is 1. The molecule has 1 fully saturated rings. The molecule has 1 aromatic heterocycles. The predicted molar refractivity (Wildman–Crippen MR) is 84.1 cm³/mol. The first-order valence-corrected chi connectivity index (χ1v) is 8.69. The molecular formula is C14H18ClN3O3S. The molecule has 0 aliphatic heterocycles. The standard InChI is InChI=1S/C14H18ClN3O3S/c1-8(12(19)17-9-5-3-4-6-9)21-13(20)11-10(15)7-16-14(18-11)22-2/h7-9H,3-6H2,1-2H3,(H,17,19)/t8-/m0/s1. The third-order valence-electron chi connectivity index (χ3n) is 3.45. The zero-order chi connectivity index (χ0) is 16.1. The van der Waals surface area contributed by atoms with Crippen LogP contribution in [0.3, 0.4) is 0 Å². The van der Waals surface area contributed by atoms with Gasteiger partial charge in [-0.25, -0.2) is 14.8 Å². The molecule has 1 heterocycles. The number of amides is 1. The summed E-state index contributed by atoms with van der Waals surface area (Å²) in [6.07, 6.45) is 6.43. The van der Waals surface area contributed by atoms with Gasteiger partial charge in [-0.05, 0) is 26.0 Å². The topological polar surface area (TPSA) is 81.2 Å². The molecule has 1 saturated carbocycles. The van der Waals surface area contributed by atoms with E-state index in [4.69, 9.17) is 16.3 Å². The Kier molecular flexibility index (Phi) is 6.02. The highest BCUT2D eigenvalue weighted by Gasteiger charge is 2.25. The molecule has 0 radical (unpaired) electrons. The van der Waals surface area contributed by atoms with E-state index in [-0.39, 0.29) is 22.7 Å². The van der Waals surface area contributed by atoms with Gasteiger partial charge in [0.05, 0.1) is 11.2 Å². The van der Waals surface area contributed by atoms with Gasteiger partial charge in [0, 0.05) is 6.04 Å². The minimum absolute atomic E-state index is 0.0264. The van der Waals surface area contributed by atoms with Gasteiger partial charge in [-0.15, -0.1) is 0 Å². The molecule has 0 bridgehead atoms. The first-order valence-electron chi connectivity index (χ1n) is 7.09. The van der Waals surface area contributed by atoms with E-state index < -0.39 is 12.1 Å². The summed E-state index contributed by atoms with van der Waals surface area (Å²) in [4.78, 5) is 32.1. The molecule has 1 amide bonds. The maximum absolute atomic E-state index is 12.1. The number of halogens is 1. The third-order valence-corrected chi connectivity index (χ3v) is 4.29. The van der Waals surface area contributed by atoms with Crippen LogP contribution < -0.4 is 5.32 Å². The summed E-state index contributed by atoms with van der Waals surface area (Å²) in [6, 6.07) is 0.180. The van der Waals surface area contributed by atoms with Crippen LogP contribution >= 0.6 is 23.4 Å². The second-order valence-electron chi connectivity index (χ2n) is 5.09. The van der Waals surface area contributed by atoms with E-state index in [1.807, 2.05) is 0 Å². The van der Waals surface area contributed by atoms with E-state index >= 15 is 0 Å². The maximum atomic E-state index is 12.1. The van der Waals surface area contributed by atoms with Crippen molar-refractivity contribution in [3.05, 3.63) is 16.9 Å². The molecule has 1 aromatic rings. The first-order chi connectivity index (χ1) is 10.5. The number of carbonyl (C=O) groups excluding carboxylic acids is 2. The lowest BCUT2D eigenvalue weighted by Crippen LogP contribution is -2.41. The zero-order valence-electron chi connectivity index (χ0n) is 12.5. The molecule has 2 rings (SSSR count). The molecule has 0 spiro atoms. The molecule has 120 valence electrons. The highest BCUT2D eigenvalue weighted by molar-refractivity contribution is 7.98. The van der Waals surface area contributed by atoms with Gasteiger partial charge in [-0.2, -0.15) is 0 Å². The third kappa shape index (κ3) is 4.33. The average Bonchev–Trinajstić information content (AvgIpc) is 3.00. The zero-order valence-corrected chi connectivity index (χ0v) is 14.0. The summed E-state index contributed by atoms with van der Waals surface area (Å²) in [5, 5.41) is 3.41. The van der Waals surface area contributed by atoms with Crippen molar-refractivity contribution in [2.75, 3.05) is 6.26 Å². The fraction of sp³-hybridized carbons (Fsp3) is 0.571. The van der Waals surface area contributed by atoms with E-state index in [1.54, 1.807) is 6.26 Å². The SMILES string of the molecule is CSc1ncc(Cl)c(C(=O)O[C@@H](C)C(=O)NC2CCCC2)n1. The van der Waals surface area contributed by atoms with Crippen molar-refractivity contribution in [2.45, 2.75) is 49.9 Å². The lowest BCUT2D eigenvalue weighted by atomic mass is 10.2. The minimum Gasteiger partial charge on any atom is -0.448 e. The number of carbonyl (C=O) groups is 2. The molecule has 8 heteroatoms. The van der Waals surface area contributed by atoms with Crippen LogP contribution in [0.5, 0.6) is 0 Å². The highest BCUT2D eigenvalue weighted by atomic mass is 35.5. The number of nitrogens with zero attached hydrogens (tertiary/aromatic N) is 2. The van der Waals surface area contributed by atoms with Crippen LogP contribution in [-0.4, -0.2) is 40.2 Å². The summed E-state index contributed by atoms with van der Waals surface area (Å²) in [7, 11) is 0. The Bertz CT molecular complexity index is 564. The van der Waals surface area contributed by atoms with E-state index in [0.717, 1.165) is 25.7 Å². The average molecular weight is 344 g/mol. The summed E-state index contributed by atoms with van der Waals surface area (Å²) in [6.45, 7) is 1.53. The Balaban J connectivity index is 1.96. The predicted octanol–water partition coefficient (Wildman–Crippen LogP) is 2.46. The maximum Gasteiger partial charge on any atom is 0.359 e. The van der Waals surface area contributed by atoms with Crippen molar-refractivity contribution < 1.29 is 14.3 Å². The van der Waals surface area contributed by atoms with E-state index in [1.165, 1.54) is 24.9 Å². The summed E-state index contributed by atoms with van der Waals surface area (Å²) < 4.78 is 5.15. The van der Waals surface area contributed by atoms with Gasteiger partial charge in [-0.1, -0.05) is 36.2 Å². The number of ether oxygens (including phenoxy) is 1. The summed E-state index contributed by atoms with van der Waals surface area (Å²) >= 11 is 7.20. The number of esters is 1. The smallest absolute Gasteiger partial charge is 0.359 e. The molecular weight excluding hydrogens is 326 g/mol. The van der Waals surface area contributed by atoms with Gasteiger partial charge in [0.1, 0.15) is 0 Å². The first kappa shape index (κ1) is 17.0. The molecule has 6 nitrogen and oxygen atoms in total. The Morgan fingerprint density at radius 3 is 2.77 bits per heavy atom. The van der Waals surface area contributed by atoms with Crippen molar-refractivity contribution in [3.63, 3.8) is 0 Å². The van der Waals surface area contributed by atoms with E-state index in [0.29, 0.717) is 5.16 Å². The molecule has 1 aliphatic carbocycles. The van der Waals surface area contributed by atoms with E-state index in [9.17, 15) is 9.59 Å². The summed E-state index contributed by atoms with van der Waals surface area (Å²) in [5.41, 5.74) is -0.0264. The number of hydrogen-bond acceptors (Lipinski definition) is 6. The molecule has 0 unspecified atom stereocenters. The van der Waals surface area contributed by atoms with Gasteiger partial charge < -0.3 is 10.1 Å². The Hall–Kier alpha value is -1.34.